The molecule has 2 amide bonds. The van der Waals surface area contributed by atoms with Crippen LogP contribution >= 0.6 is 11.8 Å². The van der Waals surface area contributed by atoms with E-state index in [1.54, 1.807) is 6.20 Å². The summed E-state index contributed by atoms with van der Waals surface area (Å²) in [6, 6.07) is 3.85. The summed E-state index contributed by atoms with van der Waals surface area (Å²) in [7, 11) is 0. The first-order valence-electron chi connectivity index (χ1n) is 7.86. The van der Waals surface area contributed by atoms with Gasteiger partial charge in [-0.25, -0.2) is 9.78 Å². The molecule has 3 rings (SSSR count). The van der Waals surface area contributed by atoms with Gasteiger partial charge in [0.2, 0.25) is 0 Å². The standard InChI is InChI=1S/C16H21N5OS/c1-2-23-10-11-5-6-17-15(7-11)20-16(22)19-13-3-4-14-12(8-13)9-18-21-14/h5-7,9,13H,2-4,8,10H2,1H3,(H,18,21)(H2,17,19,20,22). The molecule has 0 saturated carbocycles. The van der Waals surface area contributed by atoms with E-state index in [1.807, 2.05) is 30.1 Å². The number of fused-ring (bicyclic) bond motifs is 1. The van der Waals surface area contributed by atoms with Crippen LogP contribution in [0.5, 0.6) is 0 Å². The number of H-pyrrole nitrogens is 1. The largest absolute Gasteiger partial charge is 0.335 e. The second kappa shape index (κ2) is 7.50. The number of pyridine rings is 1. The van der Waals surface area contributed by atoms with Gasteiger partial charge in [-0.2, -0.15) is 16.9 Å². The molecule has 1 aliphatic rings. The quantitative estimate of drug-likeness (QED) is 0.787. The van der Waals surface area contributed by atoms with Crippen LogP contribution in [-0.2, 0) is 18.6 Å². The van der Waals surface area contributed by atoms with Gasteiger partial charge in [0, 0.05) is 23.7 Å². The van der Waals surface area contributed by atoms with Crippen LogP contribution in [0, 0.1) is 0 Å². The van der Waals surface area contributed by atoms with Crippen molar-refractivity contribution in [2.75, 3.05) is 11.1 Å². The van der Waals surface area contributed by atoms with Gasteiger partial charge in [-0.05, 0) is 48.3 Å². The maximum atomic E-state index is 12.2. The Morgan fingerprint density at radius 2 is 2.43 bits per heavy atom. The fourth-order valence-electron chi connectivity index (χ4n) is 2.73. The molecule has 0 fully saturated rings. The minimum atomic E-state index is -0.199. The van der Waals surface area contributed by atoms with Crippen LogP contribution in [-0.4, -0.2) is 33.0 Å². The highest BCUT2D eigenvalue weighted by atomic mass is 32.2. The molecule has 0 radical (unpaired) electrons. The van der Waals surface area contributed by atoms with E-state index in [2.05, 4.69) is 32.7 Å². The van der Waals surface area contributed by atoms with E-state index in [0.29, 0.717) is 5.82 Å². The zero-order valence-corrected chi connectivity index (χ0v) is 13.9. The molecule has 122 valence electrons. The van der Waals surface area contributed by atoms with E-state index < -0.39 is 0 Å². The summed E-state index contributed by atoms with van der Waals surface area (Å²) in [4.78, 5) is 16.4. The number of urea groups is 1. The highest BCUT2D eigenvalue weighted by Crippen LogP contribution is 2.19. The maximum absolute atomic E-state index is 12.2. The van der Waals surface area contributed by atoms with Crippen LogP contribution < -0.4 is 10.6 Å². The lowest BCUT2D eigenvalue weighted by Gasteiger charge is -2.22. The van der Waals surface area contributed by atoms with Gasteiger partial charge in [0.25, 0.3) is 0 Å². The van der Waals surface area contributed by atoms with Gasteiger partial charge in [0.15, 0.2) is 0 Å². The summed E-state index contributed by atoms with van der Waals surface area (Å²) in [5.41, 5.74) is 3.55. The number of nitrogens with zero attached hydrogens (tertiary/aromatic N) is 2. The van der Waals surface area contributed by atoms with Crippen molar-refractivity contribution in [3.63, 3.8) is 0 Å². The molecular weight excluding hydrogens is 310 g/mol. The predicted molar refractivity (Wildman–Crippen MR) is 92.6 cm³/mol. The summed E-state index contributed by atoms with van der Waals surface area (Å²) in [6.45, 7) is 2.13. The fraction of sp³-hybridized carbons (Fsp3) is 0.438. The van der Waals surface area contributed by atoms with Crippen LogP contribution in [0.4, 0.5) is 10.6 Å². The number of anilines is 1. The molecule has 3 N–H and O–H groups in total. The lowest BCUT2D eigenvalue weighted by Crippen LogP contribution is -2.41. The number of aromatic amines is 1. The number of hydrogen-bond acceptors (Lipinski definition) is 4. The average Bonchev–Trinajstić information content (AvgIpc) is 3.01. The van der Waals surface area contributed by atoms with Crippen LogP contribution in [0.2, 0.25) is 0 Å². The monoisotopic (exact) mass is 331 g/mol. The minimum Gasteiger partial charge on any atom is -0.335 e. The van der Waals surface area contributed by atoms with E-state index >= 15 is 0 Å². The lowest BCUT2D eigenvalue weighted by molar-refractivity contribution is 0.247. The van der Waals surface area contributed by atoms with Crippen molar-refractivity contribution in [2.24, 2.45) is 0 Å². The molecule has 23 heavy (non-hydrogen) atoms. The molecule has 2 aromatic rings. The Labute approximate surface area is 139 Å². The van der Waals surface area contributed by atoms with Crippen LogP contribution in [0.25, 0.3) is 0 Å². The number of thioether (sulfide) groups is 1. The molecule has 0 aromatic carbocycles. The van der Waals surface area contributed by atoms with Gasteiger partial charge in [-0.1, -0.05) is 6.92 Å². The fourth-order valence-corrected chi connectivity index (χ4v) is 3.35. The SMILES string of the molecule is CCSCc1ccnc(NC(=O)NC2CCc3[nH]ncc3C2)c1. The number of nitrogens with one attached hydrogen (secondary N) is 3. The highest BCUT2D eigenvalue weighted by Gasteiger charge is 2.21. The van der Waals surface area contributed by atoms with Gasteiger partial charge < -0.3 is 5.32 Å². The van der Waals surface area contributed by atoms with Gasteiger partial charge >= 0.3 is 6.03 Å². The lowest BCUT2D eigenvalue weighted by atomic mass is 9.94. The Morgan fingerprint density at radius 3 is 3.30 bits per heavy atom. The number of hydrogen-bond donors (Lipinski definition) is 3. The Morgan fingerprint density at radius 1 is 1.52 bits per heavy atom. The number of carbonyl (C=O) groups is 1. The molecule has 6 nitrogen and oxygen atoms in total. The third-order valence-corrected chi connectivity index (χ3v) is 4.84. The first kappa shape index (κ1) is 15.9. The number of carbonyl (C=O) groups excluding carboxylic acids is 1. The van der Waals surface area contributed by atoms with Crippen molar-refractivity contribution < 1.29 is 4.79 Å². The molecule has 1 atom stereocenters. The van der Waals surface area contributed by atoms with Crippen LogP contribution in [0.1, 0.15) is 30.2 Å². The van der Waals surface area contributed by atoms with E-state index in [1.165, 1.54) is 16.8 Å². The topological polar surface area (TPSA) is 82.7 Å². The second-order valence-corrected chi connectivity index (χ2v) is 6.87. The van der Waals surface area contributed by atoms with E-state index in [9.17, 15) is 4.79 Å². The van der Waals surface area contributed by atoms with Crippen molar-refractivity contribution in [2.45, 2.75) is 38.0 Å². The summed E-state index contributed by atoms with van der Waals surface area (Å²) >= 11 is 1.85. The summed E-state index contributed by atoms with van der Waals surface area (Å²) < 4.78 is 0. The van der Waals surface area contributed by atoms with Crippen LogP contribution in [0.15, 0.2) is 24.5 Å². The maximum Gasteiger partial charge on any atom is 0.320 e. The molecular formula is C16H21N5OS. The van der Waals surface area contributed by atoms with Gasteiger partial charge in [-0.15, -0.1) is 0 Å². The van der Waals surface area contributed by atoms with E-state index in [-0.39, 0.29) is 12.1 Å². The number of rotatable bonds is 5. The summed E-state index contributed by atoms with van der Waals surface area (Å²) in [5, 5.41) is 12.9. The molecule has 1 unspecified atom stereocenters. The Balaban J connectivity index is 1.53. The van der Waals surface area contributed by atoms with Crippen LogP contribution in [0.3, 0.4) is 0 Å². The number of aryl methyl sites for hydroxylation is 1. The third kappa shape index (κ3) is 4.25. The number of amides is 2. The molecule has 0 aliphatic heterocycles. The Kier molecular flexibility index (Phi) is 5.17. The van der Waals surface area contributed by atoms with E-state index in [4.69, 9.17) is 0 Å². The van der Waals surface area contributed by atoms with Gasteiger partial charge in [0.1, 0.15) is 5.82 Å². The van der Waals surface area contributed by atoms with Gasteiger partial charge in [-0.3, -0.25) is 10.4 Å². The molecule has 0 saturated heterocycles. The van der Waals surface area contributed by atoms with Crippen molar-refractivity contribution in [3.05, 3.63) is 41.3 Å². The third-order valence-electron chi connectivity index (χ3n) is 3.89. The van der Waals surface area contributed by atoms with E-state index in [0.717, 1.165) is 30.8 Å². The molecule has 0 bridgehead atoms. The van der Waals surface area contributed by atoms with Crippen molar-refractivity contribution in [1.29, 1.82) is 0 Å². The summed E-state index contributed by atoms with van der Waals surface area (Å²) in [6.07, 6.45) is 6.24. The van der Waals surface area contributed by atoms with Crippen molar-refractivity contribution in [1.82, 2.24) is 20.5 Å². The van der Waals surface area contributed by atoms with Gasteiger partial charge in [0.05, 0.1) is 6.20 Å². The molecule has 0 spiro atoms. The molecule has 2 heterocycles. The average molecular weight is 331 g/mol. The molecule has 7 heteroatoms. The summed E-state index contributed by atoms with van der Waals surface area (Å²) in [5.74, 6) is 2.60. The predicted octanol–water partition coefficient (Wildman–Crippen LogP) is 2.74. The Hall–Kier alpha value is -2.02. The molecule has 1 aliphatic carbocycles. The smallest absolute Gasteiger partial charge is 0.320 e. The zero-order chi connectivity index (χ0) is 16.1. The van der Waals surface area contributed by atoms with Crippen molar-refractivity contribution >= 4 is 23.6 Å². The second-order valence-electron chi connectivity index (χ2n) is 5.60. The Bertz CT molecular complexity index is 672. The highest BCUT2D eigenvalue weighted by molar-refractivity contribution is 7.98. The first-order valence-corrected chi connectivity index (χ1v) is 9.01. The zero-order valence-electron chi connectivity index (χ0n) is 13.1. The minimum absolute atomic E-state index is 0.138. The first-order chi connectivity index (χ1) is 11.2. The van der Waals surface area contributed by atoms with Crippen molar-refractivity contribution in [3.8, 4) is 0 Å². The normalized spacial score (nSPS) is 16.7. The molecule has 2 aromatic heterocycles. The number of aromatic nitrogens is 3.